The second-order valence-corrected chi connectivity index (χ2v) is 9.52. The van der Waals surface area contributed by atoms with Gasteiger partial charge in [0.2, 0.25) is 11.8 Å². The van der Waals surface area contributed by atoms with Crippen molar-refractivity contribution in [3.8, 4) is 34.0 Å². The number of anilines is 1. The van der Waals surface area contributed by atoms with Crippen LogP contribution in [0, 0.1) is 5.82 Å². The van der Waals surface area contributed by atoms with Gasteiger partial charge in [-0.25, -0.2) is 18.7 Å². The van der Waals surface area contributed by atoms with Gasteiger partial charge < -0.3 is 20.1 Å². The van der Waals surface area contributed by atoms with Gasteiger partial charge in [0.15, 0.2) is 0 Å². The molecular formula is C25H26F2N6O2. The molecule has 1 saturated carbocycles. The predicted octanol–water partition coefficient (Wildman–Crippen LogP) is 3.65. The highest BCUT2D eigenvalue weighted by molar-refractivity contribution is 5.74. The summed E-state index contributed by atoms with van der Waals surface area (Å²) in [5.74, 6) is 0.0844. The maximum absolute atomic E-state index is 15.3. The Morgan fingerprint density at radius 3 is 2.63 bits per heavy atom. The van der Waals surface area contributed by atoms with Crippen molar-refractivity contribution in [3.05, 3.63) is 42.5 Å². The molecule has 2 bridgehead atoms. The average molecular weight is 481 g/mol. The molecule has 8 nitrogen and oxygen atoms in total. The van der Waals surface area contributed by atoms with Gasteiger partial charge in [-0.2, -0.15) is 0 Å². The first-order chi connectivity index (χ1) is 17.0. The third-order valence-corrected chi connectivity index (χ3v) is 7.26. The van der Waals surface area contributed by atoms with E-state index in [9.17, 15) is 9.50 Å². The van der Waals surface area contributed by atoms with E-state index in [4.69, 9.17) is 4.74 Å². The van der Waals surface area contributed by atoms with E-state index in [0.29, 0.717) is 28.8 Å². The molecule has 0 radical (unpaired) electrons. The molecule has 3 aliphatic rings. The number of phenols is 1. The van der Waals surface area contributed by atoms with Crippen molar-refractivity contribution in [2.75, 3.05) is 12.0 Å². The fraction of sp³-hybridized carbons (Fsp3) is 0.440. The Morgan fingerprint density at radius 1 is 1.06 bits per heavy atom. The second-order valence-electron chi connectivity index (χ2n) is 9.52. The lowest BCUT2D eigenvalue weighted by atomic mass is 9.96. The first-order valence-corrected chi connectivity index (χ1v) is 11.9. The number of aromatic hydroxyl groups is 1. The molecule has 2 aromatic heterocycles. The Balaban J connectivity index is 1.27. The number of methoxy groups -OCH3 is 1. The van der Waals surface area contributed by atoms with Gasteiger partial charge in [-0.15, -0.1) is 10.2 Å². The number of pyridine rings is 1. The second kappa shape index (κ2) is 8.67. The summed E-state index contributed by atoms with van der Waals surface area (Å²) in [4.78, 5) is 10.4. The van der Waals surface area contributed by atoms with E-state index in [1.54, 1.807) is 18.3 Å². The topological polar surface area (TPSA) is 96.3 Å². The molecule has 0 unspecified atom stereocenters. The van der Waals surface area contributed by atoms with Gasteiger partial charge in [0, 0.05) is 35.3 Å². The third-order valence-electron chi connectivity index (χ3n) is 7.26. The van der Waals surface area contributed by atoms with Gasteiger partial charge in [0.25, 0.3) is 0 Å². The predicted molar refractivity (Wildman–Crippen MR) is 125 cm³/mol. The van der Waals surface area contributed by atoms with Crippen LogP contribution in [0.25, 0.3) is 22.4 Å². The fourth-order valence-corrected chi connectivity index (χ4v) is 5.36. The maximum atomic E-state index is 15.3. The van der Waals surface area contributed by atoms with Crippen LogP contribution in [-0.4, -0.2) is 62.7 Å². The molecule has 0 amide bonds. The van der Waals surface area contributed by atoms with Crippen LogP contribution in [0.3, 0.4) is 0 Å². The monoisotopic (exact) mass is 480 g/mol. The van der Waals surface area contributed by atoms with Gasteiger partial charge in [0.1, 0.15) is 23.4 Å². The highest BCUT2D eigenvalue weighted by Gasteiger charge is 2.48. The summed E-state index contributed by atoms with van der Waals surface area (Å²) in [6.45, 7) is 0. The van der Waals surface area contributed by atoms with E-state index >= 15 is 4.39 Å². The molecule has 182 valence electrons. The summed E-state index contributed by atoms with van der Waals surface area (Å²) in [6, 6.07) is 6.46. The lowest BCUT2D eigenvalue weighted by Gasteiger charge is -2.40. The van der Waals surface area contributed by atoms with Crippen molar-refractivity contribution in [3.63, 3.8) is 0 Å². The minimum absolute atomic E-state index is 0.0840. The molecular weight excluding hydrogens is 454 g/mol. The van der Waals surface area contributed by atoms with Gasteiger partial charge >= 0.3 is 0 Å². The molecule has 2 saturated heterocycles. The van der Waals surface area contributed by atoms with E-state index in [-0.39, 0.29) is 35.3 Å². The quantitative estimate of drug-likeness (QED) is 0.552. The number of hydrogen-bond donors (Lipinski definition) is 2. The van der Waals surface area contributed by atoms with Crippen LogP contribution >= 0.6 is 0 Å². The van der Waals surface area contributed by atoms with E-state index in [1.165, 1.54) is 19.2 Å². The van der Waals surface area contributed by atoms with Gasteiger partial charge in [-0.1, -0.05) is 6.07 Å². The number of halogens is 2. The zero-order chi connectivity index (χ0) is 24.1. The van der Waals surface area contributed by atoms with Crippen molar-refractivity contribution < 1.29 is 18.6 Å². The van der Waals surface area contributed by atoms with Crippen LogP contribution < -0.4 is 15.0 Å². The normalized spacial score (nSPS) is 25.5. The molecule has 2 N–H and O–H groups in total. The summed E-state index contributed by atoms with van der Waals surface area (Å²) in [5, 5.41) is 22.7. The molecule has 6 rings (SSSR count). The van der Waals surface area contributed by atoms with Crippen LogP contribution in [0.1, 0.15) is 32.1 Å². The number of phenolic OH excluding ortho intramolecular Hbond substituents is 1. The number of fused-ring (bicyclic) bond motifs is 2. The summed E-state index contributed by atoms with van der Waals surface area (Å²) in [7, 11) is 1.45. The number of rotatable bonds is 6. The first kappa shape index (κ1) is 22.1. The first-order valence-electron chi connectivity index (χ1n) is 11.9. The summed E-state index contributed by atoms with van der Waals surface area (Å²) in [5.41, 5.74) is 1.53. The van der Waals surface area contributed by atoms with Crippen molar-refractivity contribution >= 4 is 5.95 Å². The number of hydrogen-bond acceptors (Lipinski definition) is 8. The van der Waals surface area contributed by atoms with Crippen LogP contribution in [0.15, 0.2) is 36.7 Å². The van der Waals surface area contributed by atoms with Crippen LogP contribution in [0.4, 0.5) is 14.7 Å². The molecule has 4 heterocycles. The van der Waals surface area contributed by atoms with Gasteiger partial charge in [-0.3, -0.25) is 0 Å². The Bertz CT molecular complexity index is 1240. The van der Waals surface area contributed by atoms with E-state index < -0.39 is 12.0 Å². The summed E-state index contributed by atoms with van der Waals surface area (Å²) >= 11 is 0. The van der Waals surface area contributed by atoms with E-state index in [1.807, 2.05) is 4.90 Å². The molecule has 3 aromatic rings. The van der Waals surface area contributed by atoms with Gasteiger partial charge in [0.05, 0.1) is 25.5 Å². The smallest absolute Gasteiger partial charge is 0.245 e. The van der Waals surface area contributed by atoms with E-state index in [0.717, 1.165) is 38.3 Å². The molecule has 1 aliphatic carbocycles. The number of nitrogens with one attached hydrogen (secondary N) is 1. The third kappa shape index (κ3) is 4.05. The maximum Gasteiger partial charge on any atom is 0.245 e. The van der Waals surface area contributed by atoms with Crippen LogP contribution in [0.2, 0.25) is 0 Å². The van der Waals surface area contributed by atoms with Crippen LogP contribution in [0.5, 0.6) is 11.6 Å². The zero-order valence-corrected chi connectivity index (χ0v) is 19.2. The lowest BCUT2D eigenvalue weighted by Crippen LogP contribution is -2.57. The van der Waals surface area contributed by atoms with Crippen molar-refractivity contribution in [1.82, 2.24) is 25.5 Å². The Hall–Kier alpha value is -3.40. The number of piperidine rings is 1. The molecule has 2 aliphatic heterocycles. The number of ether oxygens (including phenoxy) is 1. The number of alkyl halides is 1. The Labute approximate surface area is 201 Å². The largest absolute Gasteiger partial charge is 0.507 e. The zero-order valence-electron chi connectivity index (χ0n) is 19.2. The van der Waals surface area contributed by atoms with Crippen molar-refractivity contribution in [2.45, 2.75) is 62.4 Å². The summed E-state index contributed by atoms with van der Waals surface area (Å²) < 4.78 is 34.6. The minimum Gasteiger partial charge on any atom is -0.507 e. The lowest BCUT2D eigenvalue weighted by molar-refractivity contribution is 0.171. The molecule has 1 aromatic carbocycles. The number of benzene rings is 1. The van der Waals surface area contributed by atoms with Crippen molar-refractivity contribution in [2.24, 2.45) is 0 Å². The average Bonchev–Trinajstić information content (AvgIpc) is 3.62. The van der Waals surface area contributed by atoms with E-state index in [2.05, 4.69) is 25.5 Å². The fourth-order valence-electron chi connectivity index (χ4n) is 5.36. The number of nitrogens with zero attached hydrogens (tertiary/aromatic N) is 5. The molecule has 0 spiro atoms. The highest BCUT2D eigenvalue weighted by atomic mass is 19.1. The Kier molecular flexibility index (Phi) is 5.47. The Morgan fingerprint density at radius 2 is 1.91 bits per heavy atom. The molecule has 3 fully saturated rings. The van der Waals surface area contributed by atoms with Gasteiger partial charge in [-0.05, 0) is 49.8 Å². The molecule has 4 atom stereocenters. The highest BCUT2D eigenvalue weighted by Crippen LogP contribution is 2.40. The minimum atomic E-state index is -0.971. The SMILES string of the molecule is COc1cc(-c2ccc(-c3cnc(N(C4CC4)[C@@H]4C[C@@H]5CC[C@H](N5)[C@@H]4F)nn3)c(O)c2)c(F)cn1. The van der Waals surface area contributed by atoms with Crippen molar-refractivity contribution in [1.29, 1.82) is 0 Å². The molecule has 10 heteroatoms. The molecule has 35 heavy (non-hydrogen) atoms. The van der Waals surface area contributed by atoms with Crippen LogP contribution in [-0.2, 0) is 0 Å². The number of aromatic nitrogens is 4. The summed E-state index contributed by atoms with van der Waals surface area (Å²) in [6.07, 6.45) is 6.25. The standard InChI is InChI=1S/C25H26F2N6O2/c1-35-23-10-17(18(26)11-28-23)13-2-6-16(22(34)8-13)20-12-29-25(32-31-20)33(15-4-5-15)21-9-14-3-7-19(30-14)24(21)27/h2,6,8,10-12,14-15,19,21,24,30,34H,3-5,7,9H2,1H3/t14-,19-,21+,24-/m0/s1.